The van der Waals surface area contributed by atoms with Crippen molar-refractivity contribution < 1.29 is 66.4 Å². The number of nitrogen functional groups attached to an aromatic ring is 2. The molecule has 0 spiro atoms. The summed E-state index contributed by atoms with van der Waals surface area (Å²) < 4.78 is 145. The second-order valence-electron chi connectivity index (χ2n) is 39.1. The number of rotatable bonds is 24. The molecular weight excluding hydrogens is 1850 g/mol. The largest absolute Gasteiger partial charge is 0.477 e. The molecule has 5 fully saturated rings. The van der Waals surface area contributed by atoms with Crippen LogP contribution in [0.2, 0.25) is 0 Å². The van der Waals surface area contributed by atoms with Crippen LogP contribution in [-0.4, -0.2) is 152 Å². The fourth-order valence-corrected chi connectivity index (χ4v) is 23.1. The fourth-order valence-electron chi connectivity index (χ4n) is 19.2. The highest BCUT2D eigenvalue weighted by Crippen LogP contribution is 2.44. The van der Waals surface area contributed by atoms with E-state index in [1.807, 2.05) is 62.1 Å². The predicted molar refractivity (Wildman–Crippen MR) is 533 cm³/mol. The highest BCUT2D eigenvalue weighted by molar-refractivity contribution is 7.91. The van der Waals surface area contributed by atoms with Gasteiger partial charge >= 0.3 is 0 Å². The van der Waals surface area contributed by atoms with Gasteiger partial charge < -0.3 is 41.1 Å². The Morgan fingerprint density at radius 2 is 0.863 bits per heavy atom. The molecule has 38 heteroatoms. The van der Waals surface area contributed by atoms with E-state index in [2.05, 4.69) is 158 Å². The number of carbonyl (C=O) groups excluding carboxylic acids is 4. The first-order valence-electron chi connectivity index (χ1n) is 46.1. The Kier molecular flexibility index (Phi) is 31.4. The molecule has 1 aliphatic carbocycles. The van der Waals surface area contributed by atoms with Crippen molar-refractivity contribution in [3.05, 3.63) is 251 Å². The molecule has 0 bridgehead atoms. The lowest BCUT2D eigenvalue weighted by molar-refractivity contribution is 0.0972. The zero-order valence-electron chi connectivity index (χ0n) is 80.7. The van der Waals surface area contributed by atoms with Gasteiger partial charge in [0.05, 0.1) is 40.2 Å². The average Bonchev–Trinajstić information content (AvgIpc) is 1.73. The quantitative estimate of drug-likeness (QED) is 0.0295. The number of nitrogens with zero attached hydrogens (tertiary/aromatic N) is 12. The molecule has 3 aromatic carbocycles. The Balaban J connectivity index is 0.000000156. The van der Waals surface area contributed by atoms with Crippen LogP contribution in [0.15, 0.2) is 214 Å². The van der Waals surface area contributed by atoms with Crippen LogP contribution < -0.4 is 60.0 Å². The number of benzene rings is 3. The minimum atomic E-state index is -4.34. The average molecular weight is 1980 g/mol. The highest BCUT2D eigenvalue weighted by atomic mass is 32.2. The molecular formula is C101H121F2N19O13S4. The van der Waals surface area contributed by atoms with Crippen LogP contribution in [0.3, 0.4) is 0 Å². The predicted octanol–water partition coefficient (Wildman–Crippen LogP) is 16.2. The van der Waals surface area contributed by atoms with Crippen molar-refractivity contribution in [2.45, 2.75) is 210 Å². The summed E-state index contributed by atoms with van der Waals surface area (Å²) in [6, 6.07) is 46.0. The van der Waals surface area contributed by atoms with Crippen LogP contribution in [0.4, 0.5) is 49.5 Å². The molecule has 4 aliphatic heterocycles. The molecule has 8 aromatic heterocycles. The Morgan fingerprint density at radius 1 is 0.432 bits per heavy atom. The molecule has 139 heavy (non-hydrogen) atoms. The third-order valence-electron chi connectivity index (χ3n) is 25.2. The first-order valence-corrected chi connectivity index (χ1v) is 52.0. The summed E-state index contributed by atoms with van der Waals surface area (Å²) in [7, 11) is -17.0. The van der Waals surface area contributed by atoms with E-state index in [9.17, 15) is 61.6 Å². The number of hydrogen-bond donors (Lipinski definition) is 7. The number of ether oxygens (including phenoxy) is 1. The standard InChI is InChI=1S/C26H31N5O3S.C25H27F2N5O3S.C25H29N5O3S.C25H34N4O4S/c1-16-11-17(2)13-19(12-16)21-10-9-20(24(28-21)31-15-18(3)14-26(31,4)5)25(32)30-35(33,34)23-8-6-7-22(27)29-23;1-16-13-25(2,3)32(15-16)23-19(6-5-11-28-23)24(33)31-36(34,35)22-8-4-7-21(30-22)29-14-17-12-18(26)9-10-20(17)27;1-16-14-25(3,4)30(15-16)23-19(11-12-20(28-23)18-9-6-5-8-17(18)2)24(31)29-34(32,33)21-10-7-13-27-22(21)26;1-18-15-25(2,3)29(16-18)23-20(11-8-14-26-23)24(30)28-34(31,32)22-13-7-12-21(27-22)33-17-19-9-5-4-6-10-19/h6-13,18H,14-15H2,1-5H3,(H2,27,29)(H,30,32);4-12,16H,13-15H2,1-3H3,(H,29,30)(H,31,33);5-13,16H,14-15H2,1-4H3,(H2,26,27)(H,29,31);7-8,11-14,18-19H,4-6,9-10,15-17H2,1-3H3,(H,28,30)/t18-;;16-;/m0.0./s1. The molecule has 1 saturated carbocycles. The molecule has 4 atom stereocenters. The Bertz CT molecular complexity index is 6890. The maximum Gasteiger partial charge on any atom is 0.281 e. The van der Waals surface area contributed by atoms with E-state index >= 15 is 0 Å². The van der Waals surface area contributed by atoms with E-state index in [1.165, 1.54) is 86.1 Å². The van der Waals surface area contributed by atoms with Crippen molar-refractivity contribution >= 4 is 104 Å². The monoisotopic (exact) mass is 1970 g/mol. The van der Waals surface area contributed by atoms with E-state index in [0.717, 1.165) is 102 Å². The molecule has 5 aliphatic rings. The number of nitrogens with one attached hydrogen (secondary N) is 5. The fraction of sp³-hybridized carbons (Fsp3) is 0.386. The summed E-state index contributed by atoms with van der Waals surface area (Å²) in [5.74, 6) is -0.130. The van der Waals surface area contributed by atoms with Crippen LogP contribution in [0.1, 0.15) is 205 Å². The van der Waals surface area contributed by atoms with Crippen LogP contribution in [-0.2, 0) is 46.6 Å². The number of sulfonamides is 4. The van der Waals surface area contributed by atoms with Crippen molar-refractivity contribution in [2.24, 2.45) is 29.6 Å². The van der Waals surface area contributed by atoms with Crippen molar-refractivity contribution in [1.29, 1.82) is 0 Å². The van der Waals surface area contributed by atoms with Crippen molar-refractivity contribution in [1.82, 2.24) is 58.8 Å². The van der Waals surface area contributed by atoms with Gasteiger partial charge in [0.25, 0.3) is 63.7 Å². The molecule has 11 aromatic rings. The molecule has 9 N–H and O–H groups in total. The third-order valence-corrected chi connectivity index (χ3v) is 30.3. The zero-order valence-corrected chi connectivity index (χ0v) is 84.0. The summed E-state index contributed by atoms with van der Waals surface area (Å²) in [6.07, 6.45) is 14.2. The smallest absolute Gasteiger partial charge is 0.281 e. The Labute approximate surface area is 812 Å². The second kappa shape index (κ2) is 42.2. The molecule has 0 radical (unpaired) electrons. The van der Waals surface area contributed by atoms with Gasteiger partial charge in [-0.25, -0.2) is 71.0 Å². The number of carbonyl (C=O) groups is 4. The van der Waals surface area contributed by atoms with Crippen LogP contribution in [0, 0.1) is 62.0 Å². The number of halogens is 2. The highest BCUT2D eigenvalue weighted by Gasteiger charge is 2.45. The van der Waals surface area contributed by atoms with Crippen LogP contribution >= 0.6 is 0 Å². The summed E-state index contributed by atoms with van der Waals surface area (Å²) in [5.41, 5.74) is 17.8. The van der Waals surface area contributed by atoms with Crippen LogP contribution in [0.5, 0.6) is 5.88 Å². The number of nitrogens with two attached hydrogens (primary N) is 2. The maximum absolute atomic E-state index is 13.9. The van der Waals surface area contributed by atoms with Crippen molar-refractivity contribution in [3.8, 4) is 28.4 Å². The van der Waals surface area contributed by atoms with Gasteiger partial charge in [0.15, 0.2) is 15.1 Å². The Hall–Kier alpha value is -13.2. The van der Waals surface area contributed by atoms with E-state index in [0.29, 0.717) is 79.1 Å². The lowest BCUT2D eigenvalue weighted by Gasteiger charge is -2.34. The Morgan fingerprint density at radius 3 is 1.35 bits per heavy atom. The lowest BCUT2D eigenvalue weighted by Crippen LogP contribution is -2.41. The summed E-state index contributed by atoms with van der Waals surface area (Å²) in [5, 5.41) is 1.81. The van der Waals surface area contributed by atoms with Gasteiger partial charge in [-0.3, -0.25) is 19.2 Å². The number of aromatic nitrogens is 8. The number of amides is 4. The maximum atomic E-state index is 13.9. The first-order chi connectivity index (χ1) is 65.5. The summed E-state index contributed by atoms with van der Waals surface area (Å²) >= 11 is 0. The van der Waals surface area contributed by atoms with Crippen molar-refractivity contribution in [3.63, 3.8) is 0 Å². The number of hydrogen-bond acceptors (Lipinski definition) is 28. The SMILES string of the molecule is CC1CN(c2ncccc2C(=O)NS(=O)(=O)c2cccc(NCc3cc(F)ccc3F)n2)C(C)(C)C1.CC1CN(c2ncccc2C(=O)NS(=O)(=O)c2cccc(OCC3CCCCC3)n2)C(C)(C)C1.Cc1cc(C)cc(-c2ccc(C(=O)NS(=O)(=O)c3cccc(N)n3)c(N3C[C@@H](C)CC3(C)C)n2)c1.Cc1ccccc1-c1ccc(C(=O)NS(=O)(=O)c2cccnc2N)c(N2C[C@@H](C)CC2(C)C)n1. The zero-order chi connectivity index (χ0) is 101. The third kappa shape index (κ3) is 25.1. The number of pyridine rings is 8. The second-order valence-corrected chi connectivity index (χ2v) is 45.6. The van der Waals surface area contributed by atoms with Gasteiger partial charge in [0, 0.05) is 96.2 Å². The minimum absolute atomic E-state index is 0.0493. The van der Waals surface area contributed by atoms with Gasteiger partial charge in [-0.05, 0) is 271 Å². The molecule has 12 heterocycles. The van der Waals surface area contributed by atoms with Gasteiger partial charge in [-0.1, -0.05) is 107 Å². The molecule has 736 valence electrons. The van der Waals surface area contributed by atoms with E-state index in [-0.39, 0.29) is 94.8 Å². The van der Waals surface area contributed by atoms with Crippen molar-refractivity contribution in [2.75, 3.05) is 69.2 Å². The minimum Gasteiger partial charge on any atom is -0.477 e. The molecule has 16 rings (SSSR count). The molecule has 4 amide bonds. The number of anilines is 7. The normalized spacial score (nSPS) is 18.2. The van der Waals surface area contributed by atoms with E-state index < -0.39 is 80.4 Å². The lowest BCUT2D eigenvalue weighted by atomic mass is 9.90. The first kappa shape index (κ1) is 103. The van der Waals surface area contributed by atoms with Crippen LogP contribution in [0.25, 0.3) is 22.5 Å². The topological polar surface area (TPSA) is 442 Å². The molecule has 32 nitrogen and oxygen atoms in total. The molecule has 2 unspecified atom stereocenters. The van der Waals surface area contributed by atoms with Gasteiger partial charge in [0.1, 0.15) is 57.3 Å². The van der Waals surface area contributed by atoms with Gasteiger partial charge in [0.2, 0.25) is 5.88 Å². The van der Waals surface area contributed by atoms with Gasteiger partial charge in [-0.15, -0.1) is 0 Å². The van der Waals surface area contributed by atoms with E-state index in [1.54, 1.807) is 67.0 Å². The van der Waals surface area contributed by atoms with Gasteiger partial charge in [-0.2, -0.15) is 30.2 Å². The molecule has 4 saturated heterocycles. The summed E-state index contributed by atoms with van der Waals surface area (Å²) in [6.45, 7) is 34.7. The number of aryl methyl sites for hydroxylation is 3. The van der Waals surface area contributed by atoms with E-state index in [4.69, 9.17) is 26.2 Å². The summed E-state index contributed by atoms with van der Waals surface area (Å²) in [4.78, 5) is 95.4.